The average Bonchev–Trinajstić information content (AvgIpc) is 3.11. The van der Waals surface area contributed by atoms with Crippen LogP contribution in [0, 0.1) is 0 Å². The molecule has 8 heteroatoms. The van der Waals surface area contributed by atoms with Crippen LogP contribution in [0.4, 0.5) is 5.69 Å². The van der Waals surface area contributed by atoms with Crippen molar-refractivity contribution in [3.8, 4) is 0 Å². The number of sulfonamides is 1. The van der Waals surface area contributed by atoms with E-state index in [1.54, 1.807) is 32.9 Å². The Morgan fingerprint density at radius 2 is 1.66 bits per heavy atom. The topological polar surface area (TPSA) is 87.3 Å². The zero-order valence-electron chi connectivity index (χ0n) is 16.8. The van der Waals surface area contributed by atoms with Crippen LogP contribution >= 0.6 is 12.4 Å². The first-order chi connectivity index (χ1) is 13.1. The van der Waals surface area contributed by atoms with Crippen molar-refractivity contribution in [2.24, 2.45) is 0 Å². The minimum Gasteiger partial charge on any atom is -0.325 e. The standard InChI is InChI=1S/C21H27N3O3S.ClH/c1-21(2,3)24-28(26,27)18-11-9-17(10-12-18)23-20(25)19-13-16(14-22-19)15-7-5-4-6-8-15;/h4-12,16,19,22,24H,13-14H2,1-3H3,(H,23,25);1H/t16-,19+;/m1./s1. The van der Waals surface area contributed by atoms with Gasteiger partial charge in [0.25, 0.3) is 0 Å². The molecule has 0 radical (unpaired) electrons. The molecule has 0 saturated carbocycles. The predicted octanol–water partition coefficient (Wildman–Crippen LogP) is 3.27. The summed E-state index contributed by atoms with van der Waals surface area (Å²) in [4.78, 5) is 12.7. The van der Waals surface area contributed by atoms with E-state index in [4.69, 9.17) is 0 Å². The van der Waals surface area contributed by atoms with Gasteiger partial charge in [0, 0.05) is 17.8 Å². The van der Waals surface area contributed by atoms with Crippen molar-refractivity contribution in [2.45, 2.75) is 49.6 Å². The van der Waals surface area contributed by atoms with E-state index in [0.29, 0.717) is 11.6 Å². The van der Waals surface area contributed by atoms with Gasteiger partial charge in [0.2, 0.25) is 15.9 Å². The number of amides is 1. The van der Waals surface area contributed by atoms with Gasteiger partial charge >= 0.3 is 0 Å². The Labute approximate surface area is 178 Å². The van der Waals surface area contributed by atoms with E-state index in [0.717, 1.165) is 13.0 Å². The monoisotopic (exact) mass is 437 g/mol. The summed E-state index contributed by atoms with van der Waals surface area (Å²) >= 11 is 0. The molecule has 1 heterocycles. The number of hydrogen-bond donors (Lipinski definition) is 3. The number of halogens is 1. The lowest BCUT2D eigenvalue weighted by Crippen LogP contribution is -2.40. The van der Waals surface area contributed by atoms with Crippen molar-refractivity contribution in [3.63, 3.8) is 0 Å². The van der Waals surface area contributed by atoms with Crippen molar-refractivity contribution in [1.82, 2.24) is 10.0 Å². The molecule has 2 aromatic carbocycles. The largest absolute Gasteiger partial charge is 0.325 e. The minimum atomic E-state index is -3.59. The molecule has 3 rings (SSSR count). The van der Waals surface area contributed by atoms with Crippen LogP contribution in [0.2, 0.25) is 0 Å². The van der Waals surface area contributed by atoms with Gasteiger partial charge < -0.3 is 10.6 Å². The fraction of sp³-hybridized carbons (Fsp3) is 0.381. The molecule has 3 N–H and O–H groups in total. The number of benzene rings is 2. The molecule has 0 unspecified atom stereocenters. The van der Waals surface area contributed by atoms with Crippen LogP contribution < -0.4 is 15.4 Å². The second-order valence-corrected chi connectivity index (χ2v) is 9.86. The van der Waals surface area contributed by atoms with Gasteiger partial charge in [0.1, 0.15) is 0 Å². The normalized spacial score (nSPS) is 19.4. The van der Waals surface area contributed by atoms with E-state index in [1.165, 1.54) is 17.7 Å². The number of anilines is 1. The minimum absolute atomic E-state index is 0. The molecule has 29 heavy (non-hydrogen) atoms. The Bertz CT molecular complexity index is 926. The van der Waals surface area contributed by atoms with Crippen molar-refractivity contribution in [3.05, 3.63) is 60.2 Å². The van der Waals surface area contributed by atoms with Crippen LogP contribution in [0.5, 0.6) is 0 Å². The van der Waals surface area contributed by atoms with Gasteiger partial charge in [-0.05, 0) is 62.9 Å². The van der Waals surface area contributed by atoms with Gasteiger partial charge in [0.15, 0.2) is 0 Å². The highest BCUT2D eigenvalue weighted by atomic mass is 35.5. The summed E-state index contributed by atoms with van der Waals surface area (Å²) in [6, 6.07) is 16.1. The third kappa shape index (κ3) is 6.27. The van der Waals surface area contributed by atoms with E-state index in [-0.39, 0.29) is 29.3 Å². The molecule has 0 aliphatic carbocycles. The zero-order valence-corrected chi connectivity index (χ0v) is 18.4. The van der Waals surface area contributed by atoms with E-state index >= 15 is 0 Å². The molecular formula is C21H28ClN3O3S. The molecular weight excluding hydrogens is 410 g/mol. The lowest BCUT2D eigenvalue weighted by Gasteiger charge is -2.20. The van der Waals surface area contributed by atoms with Crippen LogP contribution in [0.1, 0.15) is 38.7 Å². The van der Waals surface area contributed by atoms with Crippen molar-refractivity contribution < 1.29 is 13.2 Å². The van der Waals surface area contributed by atoms with Crippen LogP contribution in [0.15, 0.2) is 59.5 Å². The fourth-order valence-corrected chi connectivity index (χ4v) is 4.74. The zero-order chi connectivity index (χ0) is 20.4. The number of carbonyl (C=O) groups is 1. The Balaban J connectivity index is 0.00000300. The molecule has 1 fully saturated rings. The Kier molecular flexibility index (Phi) is 7.45. The molecule has 158 valence electrons. The number of hydrogen-bond acceptors (Lipinski definition) is 4. The maximum atomic E-state index is 12.6. The van der Waals surface area contributed by atoms with Crippen LogP contribution in [-0.4, -0.2) is 32.5 Å². The molecule has 1 aliphatic heterocycles. The summed E-state index contributed by atoms with van der Waals surface area (Å²) in [7, 11) is -3.59. The second-order valence-electron chi connectivity index (χ2n) is 8.17. The molecule has 6 nitrogen and oxygen atoms in total. The first kappa shape index (κ1) is 23.3. The van der Waals surface area contributed by atoms with Crippen LogP contribution in [0.3, 0.4) is 0 Å². The quantitative estimate of drug-likeness (QED) is 0.669. The molecule has 0 spiro atoms. The van der Waals surface area contributed by atoms with E-state index < -0.39 is 15.6 Å². The Hall–Kier alpha value is -1.93. The van der Waals surface area contributed by atoms with Crippen molar-refractivity contribution in [2.75, 3.05) is 11.9 Å². The molecule has 2 aromatic rings. The van der Waals surface area contributed by atoms with Gasteiger partial charge in [0.05, 0.1) is 10.9 Å². The average molecular weight is 438 g/mol. The summed E-state index contributed by atoms with van der Waals surface area (Å²) in [5.41, 5.74) is 1.24. The highest BCUT2D eigenvalue weighted by Gasteiger charge is 2.30. The third-order valence-electron chi connectivity index (χ3n) is 4.59. The molecule has 1 saturated heterocycles. The highest BCUT2D eigenvalue weighted by molar-refractivity contribution is 7.89. The number of nitrogens with one attached hydrogen (secondary N) is 3. The van der Waals surface area contributed by atoms with Crippen LogP contribution in [-0.2, 0) is 14.8 Å². The Morgan fingerprint density at radius 1 is 1.03 bits per heavy atom. The molecule has 1 amide bonds. The Morgan fingerprint density at radius 3 is 2.24 bits per heavy atom. The highest BCUT2D eigenvalue weighted by Crippen LogP contribution is 2.26. The summed E-state index contributed by atoms with van der Waals surface area (Å²) < 4.78 is 27.3. The first-order valence-electron chi connectivity index (χ1n) is 9.37. The number of rotatable bonds is 5. The third-order valence-corrected chi connectivity index (χ3v) is 6.36. The van der Waals surface area contributed by atoms with Crippen LogP contribution in [0.25, 0.3) is 0 Å². The van der Waals surface area contributed by atoms with E-state index in [9.17, 15) is 13.2 Å². The predicted molar refractivity (Wildman–Crippen MR) is 118 cm³/mol. The maximum absolute atomic E-state index is 12.6. The van der Waals surface area contributed by atoms with E-state index in [2.05, 4.69) is 27.5 Å². The summed E-state index contributed by atoms with van der Waals surface area (Å²) in [6.45, 7) is 6.13. The molecule has 0 aromatic heterocycles. The fourth-order valence-electron chi connectivity index (χ4n) is 3.32. The van der Waals surface area contributed by atoms with Gasteiger partial charge in [-0.1, -0.05) is 30.3 Å². The molecule has 0 bridgehead atoms. The smallest absolute Gasteiger partial charge is 0.241 e. The second kappa shape index (κ2) is 9.26. The number of carbonyl (C=O) groups excluding carboxylic acids is 1. The first-order valence-corrected chi connectivity index (χ1v) is 10.9. The van der Waals surface area contributed by atoms with Gasteiger partial charge in [-0.2, -0.15) is 0 Å². The van der Waals surface area contributed by atoms with Crippen molar-refractivity contribution in [1.29, 1.82) is 0 Å². The summed E-state index contributed by atoms with van der Waals surface area (Å²) in [5, 5.41) is 6.13. The molecule has 2 atom stereocenters. The van der Waals surface area contributed by atoms with Crippen molar-refractivity contribution >= 4 is 34.0 Å². The van der Waals surface area contributed by atoms with E-state index in [1.807, 2.05) is 18.2 Å². The maximum Gasteiger partial charge on any atom is 0.241 e. The van der Waals surface area contributed by atoms with Gasteiger partial charge in [-0.25, -0.2) is 13.1 Å². The van der Waals surface area contributed by atoms with Gasteiger partial charge in [-0.15, -0.1) is 12.4 Å². The molecule has 1 aliphatic rings. The lowest BCUT2D eigenvalue weighted by atomic mass is 9.96. The summed E-state index contributed by atoms with van der Waals surface area (Å²) in [6.07, 6.45) is 0.734. The van der Waals surface area contributed by atoms with Gasteiger partial charge in [-0.3, -0.25) is 4.79 Å². The summed E-state index contributed by atoms with van der Waals surface area (Å²) in [5.74, 6) is 0.204. The lowest BCUT2D eigenvalue weighted by molar-refractivity contribution is -0.117. The SMILES string of the molecule is CC(C)(C)NS(=O)(=O)c1ccc(NC(=O)[C@@H]2C[C@@H](c3ccccc3)CN2)cc1.Cl.